The molecule has 6 heteroatoms. The third kappa shape index (κ3) is 1.63. The largest absolute Gasteiger partial charge is 0.508 e. The van der Waals surface area contributed by atoms with Gasteiger partial charge in [0.25, 0.3) is 0 Å². The van der Waals surface area contributed by atoms with Crippen molar-refractivity contribution in [2.24, 2.45) is 0 Å². The molecule has 2 heterocycles. The van der Waals surface area contributed by atoms with Crippen molar-refractivity contribution in [3.8, 4) is 23.0 Å². The van der Waals surface area contributed by atoms with Gasteiger partial charge >= 0.3 is 5.97 Å². The maximum Gasteiger partial charge on any atom is 0.340 e. The van der Waals surface area contributed by atoms with Gasteiger partial charge in [0.05, 0.1) is 11.1 Å². The third-order valence-corrected chi connectivity index (χ3v) is 4.88. The molecule has 3 aromatic carbocycles. The van der Waals surface area contributed by atoms with E-state index < -0.39 is 11.6 Å². The zero-order valence-electron chi connectivity index (χ0n) is 13.4. The lowest BCUT2D eigenvalue weighted by Gasteiger charge is -2.37. The predicted octanol–water partition coefficient (Wildman–Crippen LogP) is 3.25. The van der Waals surface area contributed by atoms with Gasteiger partial charge in [-0.05, 0) is 30.3 Å². The van der Waals surface area contributed by atoms with E-state index in [1.54, 1.807) is 24.3 Å². The van der Waals surface area contributed by atoms with Gasteiger partial charge in [-0.3, -0.25) is 0 Å². The van der Waals surface area contributed by atoms with Gasteiger partial charge in [0.1, 0.15) is 22.9 Å². The lowest BCUT2D eigenvalue weighted by Crippen LogP contribution is -2.33. The van der Waals surface area contributed by atoms with Crippen LogP contribution < -0.4 is 10.5 Å². The molecule has 1 unspecified atom stereocenters. The van der Waals surface area contributed by atoms with E-state index in [2.05, 4.69) is 0 Å². The Kier molecular flexibility index (Phi) is 2.65. The van der Waals surface area contributed by atoms with Gasteiger partial charge in [0.15, 0.2) is 11.4 Å². The van der Waals surface area contributed by atoms with Gasteiger partial charge in [0, 0.05) is 17.2 Å². The minimum atomic E-state index is -1.26. The van der Waals surface area contributed by atoms with Crippen LogP contribution in [0.25, 0.3) is 0 Å². The van der Waals surface area contributed by atoms with E-state index in [9.17, 15) is 15.0 Å². The van der Waals surface area contributed by atoms with Gasteiger partial charge in [-0.15, -0.1) is 0 Å². The van der Waals surface area contributed by atoms with Crippen LogP contribution in [0.4, 0.5) is 5.69 Å². The normalized spacial score (nSPS) is 19.3. The van der Waals surface area contributed by atoms with Crippen molar-refractivity contribution >= 4 is 11.7 Å². The SMILES string of the molecule is Nc1c(O)ccc2c1Oc1cc(O)ccc1C21OC(=O)c2ccccc21. The highest BCUT2D eigenvalue weighted by molar-refractivity contribution is 5.97. The van der Waals surface area contributed by atoms with E-state index >= 15 is 0 Å². The van der Waals surface area contributed by atoms with Crippen LogP contribution in [0.1, 0.15) is 27.0 Å². The topological polar surface area (TPSA) is 102 Å². The Balaban J connectivity index is 1.93. The summed E-state index contributed by atoms with van der Waals surface area (Å²) in [5, 5.41) is 19.9. The second kappa shape index (κ2) is 4.70. The van der Waals surface area contributed by atoms with Crippen LogP contribution in [-0.2, 0) is 10.3 Å². The molecular weight excluding hydrogens is 334 g/mol. The van der Waals surface area contributed by atoms with Crippen LogP contribution in [0, 0.1) is 0 Å². The van der Waals surface area contributed by atoms with Crippen molar-refractivity contribution in [3.63, 3.8) is 0 Å². The Hall–Kier alpha value is -3.67. The van der Waals surface area contributed by atoms with E-state index in [4.69, 9.17) is 15.2 Å². The molecule has 1 atom stereocenters. The lowest BCUT2D eigenvalue weighted by atomic mass is 9.77. The second-order valence-corrected chi connectivity index (χ2v) is 6.27. The number of hydrogen-bond donors (Lipinski definition) is 3. The van der Waals surface area contributed by atoms with E-state index in [0.717, 1.165) is 0 Å². The smallest absolute Gasteiger partial charge is 0.340 e. The number of carbonyl (C=O) groups is 1. The Morgan fingerprint density at radius 1 is 0.923 bits per heavy atom. The third-order valence-electron chi connectivity index (χ3n) is 4.88. The fraction of sp³-hybridized carbons (Fsp3) is 0.0500. The first-order valence-corrected chi connectivity index (χ1v) is 7.98. The number of aromatic hydroxyl groups is 2. The molecule has 5 rings (SSSR count). The zero-order chi connectivity index (χ0) is 18.1. The average Bonchev–Trinajstić information content (AvgIpc) is 2.92. The summed E-state index contributed by atoms with van der Waals surface area (Å²) in [6.45, 7) is 0. The number of rotatable bonds is 0. The first kappa shape index (κ1) is 14.7. The summed E-state index contributed by atoms with van der Waals surface area (Å²) in [5.41, 5.74) is 7.01. The lowest BCUT2D eigenvalue weighted by molar-refractivity contribution is 0.0224. The van der Waals surface area contributed by atoms with Gasteiger partial charge in [-0.2, -0.15) is 0 Å². The van der Waals surface area contributed by atoms with Gasteiger partial charge in [0.2, 0.25) is 0 Å². The molecular formula is C20H13NO5. The monoisotopic (exact) mass is 347 g/mol. The first-order chi connectivity index (χ1) is 12.5. The highest BCUT2D eigenvalue weighted by Gasteiger charge is 2.54. The number of fused-ring (bicyclic) bond motifs is 6. The van der Waals surface area contributed by atoms with Crippen LogP contribution >= 0.6 is 0 Å². The van der Waals surface area contributed by atoms with Crippen LogP contribution in [0.5, 0.6) is 23.0 Å². The molecule has 0 radical (unpaired) electrons. The molecule has 128 valence electrons. The molecule has 0 amide bonds. The summed E-state index contributed by atoms with van der Waals surface area (Å²) >= 11 is 0. The second-order valence-electron chi connectivity index (χ2n) is 6.27. The van der Waals surface area contributed by atoms with Crippen molar-refractivity contribution in [1.82, 2.24) is 0 Å². The predicted molar refractivity (Wildman–Crippen MR) is 92.4 cm³/mol. The number of anilines is 1. The molecule has 2 aliphatic heterocycles. The summed E-state index contributed by atoms with van der Waals surface area (Å²) in [7, 11) is 0. The minimum absolute atomic E-state index is 0.00122. The summed E-state index contributed by atoms with van der Waals surface area (Å²) in [6, 6.07) is 14.8. The average molecular weight is 347 g/mol. The molecule has 0 aromatic heterocycles. The van der Waals surface area contributed by atoms with E-state index in [0.29, 0.717) is 28.0 Å². The van der Waals surface area contributed by atoms with E-state index in [-0.39, 0.29) is 22.9 Å². The number of phenols is 2. The molecule has 0 bridgehead atoms. The quantitative estimate of drug-likeness (QED) is 0.328. The minimum Gasteiger partial charge on any atom is -0.508 e. The molecule has 0 aliphatic carbocycles. The van der Waals surface area contributed by atoms with Crippen molar-refractivity contribution in [1.29, 1.82) is 0 Å². The van der Waals surface area contributed by atoms with Gasteiger partial charge in [-0.25, -0.2) is 4.79 Å². The van der Waals surface area contributed by atoms with E-state index in [1.807, 2.05) is 12.1 Å². The van der Waals surface area contributed by atoms with Gasteiger partial charge < -0.3 is 25.4 Å². The Labute approximate surface area is 148 Å². The molecule has 3 aromatic rings. The summed E-state index contributed by atoms with van der Waals surface area (Å²) in [6.07, 6.45) is 0. The molecule has 0 fully saturated rings. The number of phenolic OH excluding ortho intramolecular Hbond substituents is 2. The fourth-order valence-electron chi connectivity index (χ4n) is 3.73. The standard InChI is InChI=1S/C20H13NO5/c21-17-15(23)8-7-14-18(17)25-16-9-10(22)5-6-13(16)20(14)12-4-2-1-3-11(12)19(24)26-20/h1-9,22-23H,21H2. The van der Waals surface area contributed by atoms with Crippen LogP contribution in [0.2, 0.25) is 0 Å². The van der Waals surface area contributed by atoms with Crippen LogP contribution in [0.15, 0.2) is 54.6 Å². The Bertz CT molecular complexity index is 1110. The van der Waals surface area contributed by atoms with Crippen LogP contribution in [0.3, 0.4) is 0 Å². The molecule has 0 saturated heterocycles. The number of hydrogen-bond acceptors (Lipinski definition) is 6. The van der Waals surface area contributed by atoms with Crippen molar-refractivity contribution < 1.29 is 24.5 Å². The fourth-order valence-corrected chi connectivity index (χ4v) is 3.73. The van der Waals surface area contributed by atoms with Gasteiger partial charge in [-0.1, -0.05) is 18.2 Å². The van der Waals surface area contributed by atoms with E-state index in [1.165, 1.54) is 18.2 Å². The number of esters is 1. The van der Waals surface area contributed by atoms with Crippen LogP contribution in [-0.4, -0.2) is 16.2 Å². The number of nitrogen functional groups attached to an aromatic ring is 1. The highest BCUT2D eigenvalue weighted by Crippen LogP contribution is 2.58. The van der Waals surface area contributed by atoms with Crippen molar-refractivity contribution in [3.05, 3.63) is 76.9 Å². The number of ether oxygens (including phenoxy) is 2. The number of nitrogens with two attached hydrogens (primary N) is 1. The van der Waals surface area contributed by atoms with Crippen molar-refractivity contribution in [2.45, 2.75) is 5.60 Å². The molecule has 2 aliphatic rings. The molecule has 26 heavy (non-hydrogen) atoms. The Morgan fingerprint density at radius 2 is 1.69 bits per heavy atom. The molecule has 4 N–H and O–H groups in total. The van der Waals surface area contributed by atoms with Crippen molar-refractivity contribution in [2.75, 3.05) is 5.73 Å². The highest BCUT2D eigenvalue weighted by atomic mass is 16.6. The maximum atomic E-state index is 12.6. The molecule has 1 spiro atoms. The summed E-state index contributed by atoms with van der Waals surface area (Å²) in [5.74, 6) is -0.0928. The number of carbonyl (C=O) groups excluding carboxylic acids is 1. The Morgan fingerprint density at radius 3 is 2.54 bits per heavy atom. The zero-order valence-corrected chi connectivity index (χ0v) is 13.4. The molecule has 6 nitrogen and oxygen atoms in total. The molecule has 0 saturated carbocycles. The first-order valence-electron chi connectivity index (χ1n) is 7.98. The summed E-state index contributed by atoms with van der Waals surface area (Å²) in [4.78, 5) is 12.6. The number of benzene rings is 3. The maximum absolute atomic E-state index is 12.6. The summed E-state index contributed by atoms with van der Waals surface area (Å²) < 4.78 is 11.8.